The molecule has 0 bridgehead atoms. The van der Waals surface area contributed by atoms with Gasteiger partial charge in [0.05, 0.1) is 5.69 Å². The lowest BCUT2D eigenvalue weighted by atomic mass is 10.1. The number of sulfonamides is 1. The van der Waals surface area contributed by atoms with Crippen molar-refractivity contribution in [3.05, 3.63) is 94.5 Å². The van der Waals surface area contributed by atoms with Crippen LogP contribution in [0.5, 0.6) is 11.6 Å². The lowest BCUT2D eigenvalue weighted by Crippen LogP contribution is -2.31. The SMILES string of the molecule is Cc1cccc(-c2ccc(C(=O)NS(=O)(=O)c3cccc(N)n3)c(Oc3c(C)cc(C)cc3C)n2)c1. The van der Waals surface area contributed by atoms with Crippen LogP contribution in [-0.2, 0) is 10.0 Å². The van der Waals surface area contributed by atoms with Gasteiger partial charge in [0.25, 0.3) is 15.9 Å². The van der Waals surface area contributed by atoms with E-state index in [9.17, 15) is 13.2 Å². The third-order valence-electron chi connectivity index (χ3n) is 5.47. The first-order valence-corrected chi connectivity index (χ1v) is 12.7. The van der Waals surface area contributed by atoms with E-state index in [1.807, 2.05) is 68.8 Å². The molecule has 184 valence electrons. The second kappa shape index (κ2) is 9.79. The van der Waals surface area contributed by atoms with Crippen molar-refractivity contribution >= 4 is 21.7 Å². The average molecular weight is 503 g/mol. The topological polar surface area (TPSA) is 124 Å². The third-order valence-corrected chi connectivity index (χ3v) is 6.70. The molecule has 2 heterocycles. The summed E-state index contributed by atoms with van der Waals surface area (Å²) in [6.45, 7) is 7.75. The molecular formula is C27H26N4O4S. The van der Waals surface area contributed by atoms with Crippen LogP contribution in [0.3, 0.4) is 0 Å². The number of nitrogens with two attached hydrogens (primary N) is 1. The Labute approximate surface area is 210 Å². The van der Waals surface area contributed by atoms with Crippen molar-refractivity contribution in [2.24, 2.45) is 0 Å². The predicted molar refractivity (Wildman–Crippen MR) is 138 cm³/mol. The number of benzene rings is 2. The van der Waals surface area contributed by atoms with Gasteiger partial charge in [0.15, 0.2) is 5.03 Å². The van der Waals surface area contributed by atoms with Gasteiger partial charge >= 0.3 is 0 Å². The zero-order chi connectivity index (χ0) is 26.0. The zero-order valence-electron chi connectivity index (χ0n) is 20.4. The van der Waals surface area contributed by atoms with Crippen molar-refractivity contribution in [3.8, 4) is 22.9 Å². The monoisotopic (exact) mass is 502 g/mol. The molecule has 0 spiro atoms. The highest BCUT2D eigenvalue weighted by atomic mass is 32.2. The molecule has 8 nitrogen and oxygen atoms in total. The molecule has 0 unspecified atom stereocenters. The molecule has 0 radical (unpaired) electrons. The molecule has 0 saturated carbocycles. The number of nitrogens with zero attached hydrogens (tertiary/aromatic N) is 2. The van der Waals surface area contributed by atoms with Gasteiger partial charge in [-0.3, -0.25) is 4.79 Å². The summed E-state index contributed by atoms with van der Waals surface area (Å²) in [5.74, 6) is -0.357. The van der Waals surface area contributed by atoms with E-state index in [0.717, 1.165) is 27.8 Å². The molecule has 4 aromatic rings. The highest BCUT2D eigenvalue weighted by Gasteiger charge is 2.24. The molecule has 0 aliphatic carbocycles. The Hall–Kier alpha value is -4.24. The molecular weight excluding hydrogens is 476 g/mol. The Kier molecular flexibility index (Phi) is 6.76. The second-order valence-electron chi connectivity index (χ2n) is 8.58. The number of carbonyl (C=O) groups is 1. The minimum Gasteiger partial charge on any atom is -0.438 e. The minimum absolute atomic E-state index is 0.0164. The summed E-state index contributed by atoms with van der Waals surface area (Å²) in [4.78, 5) is 21.6. The van der Waals surface area contributed by atoms with Crippen LogP contribution in [0, 0.1) is 27.7 Å². The first kappa shape index (κ1) is 24.9. The molecule has 2 aromatic heterocycles. The first-order valence-electron chi connectivity index (χ1n) is 11.2. The maximum atomic E-state index is 13.2. The van der Waals surface area contributed by atoms with Gasteiger partial charge in [0.1, 0.15) is 17.1 Å². The fourth-order valence-electron chi connectivity index (χ4n) is 3.89. The van der Waals surface area contributed by atoms with Gasteiger partial charge in [-0.2, -0.15) is 8.42 Å². The maximum absolute atomic E-state index is 13.2. The van der Waals surface area contributed by atoms with E-state index in [1.54, 1.807) is 6.07 Å². The van der Waals surface area contributed by atoms with Crippen molar-refractivity contribution in [2.75, 3.05) is 5.73 Å². The summed E-state index contributed by atoms with van der Waals surface area (Å²) < 4.78 is 33.8. The number of amides is 1. The van der Waals surface area contributed by atoms with Gasteiger partial charge in [-0.15, -0.1) is 0 Å². The highest BCUT2D eigenvalue weighted by molar-refractivity contribution is 7.90. The summed E-state index contributed by atoms with van der Waals surface area (Å²) in [5.41, 5.74) is 10.8. The molecule has 2 aromatic carbocycles. The summed E-state index contributed by atoms with van der Waals surface area (Å²) in [6.07, 6.45) is 0. The molecule has 4 rings (SSSR count). The van der Waals surface area contributed by atoms with Crippen molar-refractivity contribution in [1.29, 1.82) is 0 Å². The average Bonchev–Trinajstić information content (AvgIpc) is 2.81. The third kappa shape index (κ3) is 5.36. The molecule has 9 heteroatoms. The van der Waals surface area contributed by atoms with Crippen molar-refractivity contribution in [1.82, 2.24) is 14.7 Å². The molecule has 1 amide bonds. The normalized spacial score (nSPS) is 11.2. The fourth-order valence-corrected chi connectivity index (χ4v) is 4.83. The quantitative estimate of drug-likeness (QED) is 0.385. The standard InChI is InChI=1S/C27H26N4O4S/c1-16-7-5-8-20(15-16)22-12-11-21(26(32)31-36(33,34)24-10-6-9-23(28)30-24)27(29-22)35-25-18(3)13-17(2)14-19(25)4/h5-15H,1-4H3,(H2,28,30)(H,31,32). The Bertz CT molecular complexity index is 1560. The van der Waals surface area contributed by atoms with Crippen LogP contribution in [-0.4, -0.2) is 24.3 Å². The summed E-state index contributed by atoms with van der Waals surface area (Å²) in [5, 5.41) is -0.368. The largest absolute Gasteiger partial charge is 0.438 e. The van der Waals surface area contributed by atoms with Gasteiger partial charge in [0.2, 0.25) is 5.88 Å². The van der Waals surface area contributed by atoms with Crippen LogP contribution < -0.4 is 15.2 Å². The van der Waals surface area contributed by atoms with Gasteiger partial charge in [-0.1, -0.05) is 47.5 Å². The first-order chi connectivity index (χ1) is 17.0. The van der Waals surface area contributed by atoms with E-state index < -0.39 is 15.9 Å². The molecule has 3 N–H and O–H groups in total. The van der Waals surface area contributed by atoms with Crippen LogP contribution in [0.25, 0.3) is 11.3 Å². The molecule has 0 saturated heterocycles. The van der Waals surface area contributed by atoms with Crippen LogP contribution >= 0.6 is 0 Å². The number of aryl methyl sites for hydroxylation is 4. The van der Waals surface area contributed by atoms with Crippen LogP contribution in [0.15, 0.2) is 71.8 Å². The molecule has 0 aliphatic rings. The Morgan fingerprint density at radius 3 is 2.22 bits per heavy atom. The van der Waals surface area contributed by atoms with Crippen molar-refractivity contribution in [2.45, 2.75) is 32.7 Å². The summed E-state index contributed by atoms with van der Waals surface area (Å²) in [6, 6.07) is 19.0. The number of pyridine rings is 2. The number of ether oxygens (including phenoxy) is 1. The number of rotatable bonds is 6. The fraction of sp³-hybridized carbons (Fsp3) is 0.148. The van der Waals surface area contributed by atoms with E-state index in [0.29, 0.717) is 11.4 Å². The highest BCUT2D eigenvalue weighted by Crippen LogP contribution is 2.32. The van der Waals surface area contributed by atoms with Gasteiger partial charge in [0, 0.05) is 5.56 Å². The summed E-state index contributed by atoms with van der Waals surface area (Å²) >= 11 is 0. The minimum atomic E-state index is -4.28. The lowest BCUT2D eigenvalue weighted by molar-refractivity contribution is 0.0978. The van der Waals surface area contributed by atoms with E-state index in [1.165, 1.54) is 24.3 Å². The van der Waals surface area contributed by atoms with Crippen LogP contribution in [0.4, 0.5) is 5.82 Å². The number of hydrogen-bond donors (Lipinski definition) is 2. The molecule has 36 heavy (non-hydrogen) atoms. The Morgan fingerprint density at radius 2 is 1.56 bits per heavy atom. The van der Waals surface area contributed by atoms with Crippen LogP contribution in [0.2, 0.25) is 0 Å². The van der Waals surface area contributed by atoms with Crippen LogP contribution in [0.1, 0.15) is 32.6 Å². The number of carbonyl (C=O) groups excluding carboxylic acids is 1. The van der Waals surface area contributed by atoms with E-state index in [2.05, 4.69) is 9.97 Å². The van der Waals surface area contributed by atoms with Gasteiger partial charge < -0.3 is 10.5 Å². The zero-order valence-corrected chi connectivity index (χ0v) is 21.2. The number of hydrogen-bond acceptors (Lipinski definition) is 7. The number of nitrogens with one attached hydrogen (secondary N) is 1. The molecule has 0 aliphatic heterocycles. The maximum Gasteiger partial charge on any atom is 0.281 e. The predicted octanol–water partition coefficient (Wildman–Crippen LogP) is 4.87. The number of anilines is 1. The van der Waals surface area contributed by atoms with E-state index >= 15 is 0 Å². The Balaban J connectivity index is 1.78. The molecule has 0 atom stereocenters. The Morgan fingerprint density at radius 1 is 0.861 bits per heavy atom. The second-order valence-corrected chi connectivity index (χ2v) is 10.2. The lowest BCUT2D eigenvalue weighted by Gasteiger charge is -2.16. The van der Waals surface area contributed by atoms with Gasteiger partial charge in [-0.05, 0) is 69.2 Å². The van der Waals surface area contributed by atoms with Crippen molar-refractivity contribution < 1.29 is 17.9 Å². The van der Waals surface area contributed by atoms with E-state index in [4.69, 9.17) is 10.5 Å². The smallest absolute Gasteiger partial charge is 0.281 e. The van der Waals surface area contributed by atoms with Gasteiger partial charge in [-0.25, -0.2) is 14.7 Å². The molecule has 0 fully saturated rings. The number of nitrogen functional groups attached to an aromatic ring is 1. The number of aromatic nitrogens is 2. The summed E-state index contributed by atoms with van der Waals surface area (Å²) in [7, 11) is -4.28. The van der Waals surface area contributed by atoms with Crippen molar-refractivity contribution in [3.63, 3.8) is 0 Å². The van der Waals surface area contributed by atoms with E-state index in [-0.39, 0.29) is 22.3 Å².